The predicted molar refractivity (Wildman–Crippen MR) is 132 cm³/mol. The quantitative estimate of drug-likeness (QED) is 0.516. The monoisotopic (exact) mass is 458 g/mol. The lowest BCUT2D eigenvalue weighted by molar-refractivity contribution is 0.237. The van der Waals surface area contributed by atoms with E-state index in [-0.39, 0.29) is 11.9 Å². The summed E-state index contributed by atoms with van der Waals surface area (Å²) >= 11 is 0. The molecule has 0 radical (unpaired) electrons. The molecule has 1 atom stereocenters. The van der Waals surface area contributed by atoms with Gasteiger partial charge in [0.15, 0.2) is 0 Å². The lowest BCUT2D eigenvalue weighted by Crippen LogP contribution is -2.25. The van der Waals surface area contributed by atoms with Gasteiger partial charge in [0.2, 0.25) is 5.88 Å². The Balaban J connectivity index is 1.42. The van der Waals surface area contributed by atoms with Crippen LogP contribution in [-0.4, -0.2) is 48.3 Å². The van der Waals surface area contributed by atoms with Gasteiger partial charge in [0, 0.05) is 41.6 Å². The van der Waals surface area contributed by atoms with Crippen LogP contribution in [0.5, 0.6) is 23.1 Å². The molecule has 2 aromatic carbocycles. The molecule has 1 N–H and O–H groups in total. The van der Waals surface area contributed by atoms with Crippen LogP contribution in [0.15, 0.2) is 60.8 Å². The second-order valence-electron chi connectivity index (χ2n) is 8.77. The van der Waals surface area contributed by atoms with E-state index in [0.717, 1.165) is 40.1 Å². The summed E-state index contributed by atoms with van der Waals surface area (Å²) < 4.78 is 17.7. The van der Waals surface area contributed by atoms with Gasteiger partial charge in [0.25, 0.3) is 0 Å². The van der Waals surface area contributed by atoms with E-state index in [1.54, 1.807) is 19.2 Å². The second kappa shape index (κ2) is 9.77. The third-order valence-corrected chi connectivity index (χ3v) is 6.59. The van der Waals surface area contributed by atoms with Crippen LogP contribution in [0.3, 0.4) is 0 Å². The number of aromatic hydroxyl groups is 1. The molecule has 34 heavy (non-hydrogen) atoms. The van der Waals surface area contributed by atoms with Gasteiger partial charge in [0.1, 0.15) is 30.0 Å². The molecule has 6 heteroatoms. The van der Waals surface area contributed by atoms with Crippen molar-refractivity contribution >= 4 is 11.1 Å². The molecule has 3 aromatic rings. The van der Waals surface area contributed by atoms with Crippen molar-refractivity contribution < 1.29 is 19.3 Å². The zero-order valence-corrected chi connectivity index (χ0v) is 19.7. The Morgan fingerprint density at radius 3 is 2.56 bits per heavy atom. The minimum Gasteiger partial charge on any atom is -0.508 e. The van der Waals surface area contributed by atoms with Crippen LogP contribution < -0.4 is 14.2 Å². The number of aromatic nitrogens is 1. The third-order valence-electron chi connectivity index (χ3n) is 6.59. The average molecular weight is 459 g/mol. The molecule has 1 saturated heterocycles. The lowest BCUT2D eigenvalue weighted by atomic mass is 9.86. The summed E-state index contributed by atoms with van der Waals surface area (Å²) in [5.74, 6) is 2.27. The number of fused-ring (bicyclic) bond motifs is 1. The van der Waals surface area contributed by atoms with Gasteiger partial charge >= 0.3 is 0 Å². The number of rotatable bonds is 7. The first-order chi connectivity index (χ1) is 16.6. The molecule has 0 amide bonds. The molecule has 1 aromatic heterocycles. The molecule has 1 fully saturated rings. The van der Waals surface area contributed by atoms with Crippen molar-refractivity contribution in [1.82, 2.24) is 9.88 Å². The first kappa shape index (κ1) is 22.3. The zero-order valence-electron chi connectivity index (χ0n) is 19.7. The Kier molecular flexibility index (Phi) is 6.41. The van der Waals surface area contributed by atoms with Crippen molar-refractivity contribution in [2.24, 2.45) is 0 Å². The van der Waals surface area contributed by atoms with E-state index in [9.17, 15) is 5.11 Å². The van der Waals surface area contributed by atoms with Gasteiger partial charge in [-0.15, -0.1) is 0 Å². The van der Waals surface area contributed by atoms with Crippen LogP contribution in [0.4, 0.5) is 0 Å². The maximum Gasteiger partial charge on any atom is 0.212 e. The number of nitrogens with zero attached hydrogens (tertiary/aromatic N) is 2. The smallest absolute Gasteiger partial charge is 0.212 e. The van der Waals surface area contributed by atoms with Gasteiger partial charge in [0.05, 0.1) is 7.11 Å². The second-order valence-corrected chi connectivity index (χ2v) is 8.77. The van der Waals surface area contributed by atoms with Gasteiger partial charge in [-0.25, -0.2) is 4.98 Å². The number of hydrogen-bond acceptors (Lipinski definition) is 6. The molecule has 1 unspecified atom stereocenters. The Bertz CT molecular complexity index is 1170. The summed E-state index contributed by atoms with van der Waals surface area (Å²) in [5, 5.41) is 10.0. The number of hydrogen-bond donors (Lipinski definition) is 1. The number of ether oxygens (including phenoxy) is 3. The fourth-order valence-electron chi connectivity index (χ4n) is 4.75. The van der Waals surface area contributed by atoms with Gasteiger partial charge in [-0.3, -0.25) is 4.90 Å². The molecule has 3 heterocycles. The van der Waals surface area contributed by atoms with Gasteiger partial charge in [-0.2, -0.15) is 0 Å². The van der Waals surface area contributed by atoms with Crippen LogP contribution >= 0.6 is 0 Å². The largest absolute Gasteiger partial charge is 0.508 e. The van der Waals surface area contributed by atoms with Crippen molar-refractivity contribution in [2.45, 2.75) is 25.9 Å². The van der Waals surface area contributed by atoms with E-state index in [2.05, 4.69) is 16.8 Å². The molecule has 5 rings (SSSR count). The van der Waals surface area contributed by atoms with Gasteiger partial charge in [-0.1, -0.05) is 12.1 Å². The minimum atomic E-state index is -0.344. The molecular weight excluding hydrogens is 428 g/mol. The summed E-state index contributed by atoms with van der Waals surface area (Å²) in [6.45, 7) is 6.08. The van der Waals surface area contributed by atoms with Crippen molar-refractivity contribution in [3.63, 3.8) is 0 Å². The topological polar surface area (TPSA) is 64.1 Å². The molecule has 0 aliphatic carbocycles. The number of allylic oxidation sites excluding steroid dienone is 1. The van der Waals surface area contributed by atoms with Crippen LogP contribution in [0, 0.1) is 0 Å². The van der Waals surface area contributed by atoms with Crippen molar-refractivity contribution in [3.05, 3.63) is 77.5 Å². The van der Waals surface area contributed by atoms with Crippen LogP contribution in [-0.2, 0) is 0 Å². The maximum absolute atomic E-state index is 10.0. The van der Waals surface area contributed by atoms with E-state index >= 15 is 0 Å². The lowest BCUT2D eigenvalue weighted by Gasteiger charge is -2.31. The van der Waals surface area contributed by atoms with E-state index in [4.69, 9.17) is 14.2 Å². The molecule has 0 bridgehead atoms. The van der Waals surface area contributed by atoms with Crippen molar-refractivity contribution in [2.75, 3.05) is 33.4 Å². The van der Waals surface area contributed by atoms with Crippen molar-refractivity contribution in [3.8, 4) is 23.1 Å². The summed E-state index contributed by atoms with van der Waals surface area (Å²) in [5.41, 5.74) is 5.06. The number of methoxy groups -OCH3 is 1. The molecule has 0 spiro atoms. The Morgan fingerprint density at radius 1 is 1.06 bits per heavy atom. The van der Waals surface area contributed by atoms with Gasteiger partial charge < -0.3 is 19.3 Å². The number of phenolic OH excluding ortho intramolecular Hbond substituents is 1. The van der Waals surface area contributed by atoms with E-state index in [1.807, 2.05) is 48.7 Å². The molecule has 2 aliphatic heterocycles. The first-order valence-electron chi connectivity index (χ1n) is 11.8. The normalized spacial score (nSPS) is 17.9. The Morgan fingerprint density at radius 2 is 1.85 bits per heavy atom. The molecule has 6 nitrogen and oxygen atoms in total. The molecule has 0 saturated carbocycles. The number of phenols is 1. The van der Waals surface area contributed by atoms with E-state index in [1.165, 1.54) is 25.9 Å². The third kappa shape index (κ3) is 4.59. The molecule has 2 aliphatic rings. The fourth-order valence-corrected chi connectivity index (χ4v) is 4.75. The van der Waals surface area contributed by atoms with Crippen molar-refractivity contribution in [1.29, 1.82) is 0 Å². The Labute approximate surface area is 200 Å². The summed E-state index contributed by atoms with van der Waals surface area (Å²) in [7, 11) is 1.61. The average Bonchev–Trinajstić information content (AvgIpc) is 3.38. The Hall–Kier alpha value is -3.51. The highest BCUT2D eigenvalue weighted by Crippen LogP contribution is 2.47. The number of pyridine rings is 1. The van der Waals surface area contributed by atoms with E-state index in [0.29, 0.717) is 18.2 Å². The highest BCUT2D eigenvalue weighted by Gasteiger charge is 2.29. The van der Waals surface area contributed by atoms with Gasteiger partial charge in [-0.05, 0) is 74.3 Å². The standard InChI is InChI=1S/C28H30N2O4/c1-19-24-11-8-22(31)17-25(24)34-28(27(19)21-7-12-26(32-2)29-18-21)20-5-9-23(10-6-20)33-16-15-30-13-3-4-14-30/h5-12,17-18,28,31H,3-4,13-16H2,1-2H3. The zero-order chi connectivity index (χ0) is 23.5. The summed E-state index contributed by atoms with van der Waals surface area (Å²) in [6.07, 6.45) is 4.05. The maximum atomic E-state index is 10.0. The molecule has 176 valence electrons. The van der Waals surface area contributed by atoms with Crippen LogP contribution in [0.25, 0.3) is 11.1 Å². The summed E-state index contributed by atoms with van der Waals surface area (Å²) in [6, 6.07) is 17.2. The van der Waals surface area contributed by atoms with Crippen LogP contribution in [0.1, 0.15) is 42.6 Å². The number of likely N-dealkylation sites (tertiary alicyclic amines) is 1. The van der Waals surface area contributed by atoms with E-state index < -0.39 is 0 Å². The molecular formula is C28H30N2O4. The fraction of sp³-hybridized carbons (Fsp3) is 0.321. The highest BCUT2D eigenvalue weighted by molar-refractivity contribution is 5.95. The number of benzene rings is 2. The van der Waals surface area contributed by atoms with Crippen LogP contribution in [0.2, 0.25) is 0 Å². The highest BCUT2D eigenvalue weighted by atomic mass is 16.5. The first-order valence-corrected chi connectivity index (χ1v) is 11.8. The predicted octanol–water partition coefficient (Wildman–Crippen LogP) is 5.33. The summed E-state index contributed by atoms with van der Waals surface area (Å²) in [4.78, 5) is 6.85. The SMILES string of the molecule is COc1ccc(C2=C(C)c3ccc(O)cc3OC2c2ccc(OCCN3CCCC3)cc2)cn1. The minimum absolute atomic E-state index is 0.182.